The summed E-state index contributed by atoms with van der Waals surface area (Å²) < 4.78 is 24.6. The molecule has 0 aromatic rings. The molecule has 19 heavy (non-hydrogen) atoms. The minimum atomic E-state index is -3.01. The zero-order chi connectivity index (χ0) is 14.5. The van der Waals surface area contributed by atoms with Gasteiger partial charge in [-0.15, -0.1) is 0 Å². The van der Waals surface area contributed by atoms with Crippen LogP contribution in [0.2, 0.25) is 0 Å². The average molecular weight is 290 g/mol. The molecule has 1 fully saturated rings. The number of hydrogen-bond acceptors (Lipinski definition) is 3. The fraction of sp³-hybridized carbons (Fsp3) is 1.00. The van der Waals surface area contributed by atoms with E-state index >= 15 is 0 Å². The van der Waals surface area contributed by atoms with Gasteiger partial charge in [0, 0.05) is 31.7 Å². The van der Waals surface area contributed by atoms with Crippen LogP contribution >= 0.6 is 0 Å². The van der Waals surface area contributed by atoms with Crippen LogP contribution in [0.4, 0.5) is 0 Å². The number of hydrogen-bond donors (Lipinski definition) is 0. The molecule has 0 saturated carbocycles. The Morgan fingerprint density at radius 1 is 1.00 bits per heavy atom. The topological polar surface area (TPSA) is 40.6 Å². The normalized spacial score (nSPS) is 19.8. The Morgan fingerprint density at radius 2 is 1.58 bits per heavy atom. The third kappa shape index (κ3) is 5.40. The van der Waals surface area contributed by atoms with Crippen molar-refractivity contribution in [2.24, 2.45) is 0 Å². The molecule has 4 nitrogen and oxygen atoms in total. The fourth-order valence-electron chi connectivity index (χ4n) is 2.77. The molecule has 5 heteroatoms. The zero-order valence-corrected chi connectivity index (χ0v) is 13.8. The number of piperazine rings is 1. The van der Waals surface area contributed by atoms with Crippen LogP contribution in [0.3, 0.4) is 0 Å². The summed E-state index contributed by atoms with van der Waals surface area (Å²) in [7, 11) is -3.01. The molecule has 114 valence electrons. The molecule has 0 spiro atoms. The van der Waals surface area contributed by atoms with Gasteiger partial charge in [-0.3, -0.25) is 4.90 Å². The minimum Gasteiger partial charge on any atom is -0.296 e. The third-order valence-electron chi connectivity index (χ3n) is 4.21. The lowest BCUT2D eigenvalue weighted by molar-refractivity contribution is 0.0709. The van der Waals surface area contributed by atoms with Gasteiger partial charge in [0.1, 0.15) is 0 Å². The van der Waals surface area contributed by atoms with Crippen molar-refractivity contribution in [3.63, 3.8) is 0 Å². The molecule has 0 amide bonds. The highest BCUT2D eigenvalue weighted by atomic mass is 32.2. The molecule has 0 atom stereocenters. The molecule has 1 rings (SSSR count). The Bertz CT molecular complexity index is 358. The molecule has 1 saturated heterocycles. The monoisotopic (exact) mass is 290 g/mol. The van der Waals surface area contributed by atoms with Gasteiger partial charge in [-0.2, -0.15) is 4.31 Å². The molecule has 1 aliphatic heterocycles. The van der Waals surface area contributed by atoms with Gasteiger partial charge in [0.15, 0.2) is 0 Å². The van der Waals surface area contributed by atoms with E-state index in [0.717, 1.165) is 13.1 Å². The Labute approximate surface area is 119 Å². The molecule has 0 unspecified atom stereocenters. The first-order chi connectivity index (χ1) is 8.77. The SMILES string of the molecule is CCCCCCC(C)(C)N1CCN(S(C)(=O)=O)CC1. The van der Waals surface area contributed by atoms with Gasteiger partial charge >= 0.3 is 0 Å². The van der Waals surface area contributed by atoms with Crippen molar-refractivity contribution in [3.8, 4) is 0 Å². The van der Waals surface area contributed by atoms with E-state index in [9.17, 15) is 8.42 Å². The van der Waals surface area contributed by atoms with Crippen LogP contribution in [-0.4, -0.2) is 55.6 Å². The van der Waals surface area contributed by atoms with Crippen LogP contribution < -0.4 is 0 Å². The van der Waals surface area contributed by atoms with E-state index < -0.39 is 10.0 Å². The molecule has 0 N–H and O–H groups in total. The van der Waals surface area contributed by atoms with Gasteiger partial charge < -0.3 is 0 Å². The van der Waals surface area contributed by atoms with Crippen molar-refractivity contribution in [2.45, 2.75) is 58.4 Å². The van der Waals surface area contributed by atoms with Crippen LogP contribution in [0.5, 0.6) is 0 Å². The summed E-state index contributed by atoms with van der Waals surface area (Å²) in [5.41, 5.74) is 0.192. The number of rotatable bonds is 7. The molecule has 0 bridgehead atoms. The van der Waals surface area contributed by atoms with Gasteiger partial charge in [0.05, 0.1) is 6.26 Å². The zero-order valence-electron chi connectivity index (χ0n) is 13.0. The van der Waals surface area contributed by atoms with E-state index in [1.54, 1.807) is 4.31 Å². The maximum atomic E-state index is 11.5. The van der Waals surface area contributed by atoms with Crippen LogP contribution in [0, 0.1) is 0 Å². The van der Waals surface area contributed by atoms with Gasteiger partial charge in [-0.25, -0.2) is 8.42 Å². The first-order valence-corrected chi connectivity index (χ1v) is 9.32. The molecule has 0 aromatic carbocycles. The maximum absolute atomic E-state index is 11.5. The van der Waals surface area contributed by atoms with Gasteiger partial charge in [0.2, 0.25) is 10.0 Å². The van der Waals surface area contributed by atoms with Crippen molar-refractivity contribution in [1.29, 1.82) is 0 Å². The summed E-state index contributed by atoms with van der Waals surface area (Å²) in [5.74, 6) is 0. The Morgan fingerprint density at radius 3 is 2.05 bits per heavy atom. The fourth-order valence-corrected chi connectivity index (χ4v) is 3.59. The Kier molecular flexibility index (Phi) is 6.27. The van der Waals surface area contributed by atoms with Crippen molar-refractivity contribution in [3.05, 3.63) is 0 Å². The van der Waals surface area contributed by atoms with E-state index in [0.29, 0.717) is 13.1 Å². The first-order valence-electron chi connectivity index (χ1n) is 7.47. The smallest absolute Gasteiger partial charge is 0.211 e. The third-order valence-corrected chi connectivity index (χ3v) is 5.51. The minimum absolute atomic E-state index is 0.192. The van der Waals surface area contributed by atoms with Crippen molar-refractivity contribution < 1.29 is 8.42 Å². The Hall–Kier alpha value is -0.130. The summed E-state index contributed by atoms with van der Waals surface area (Å²) in [6, 6.07) is 0. The predicted molar refractivity (Wildman–Crippen MR) is 80.8 cm³/mol. The molecule has 0 aliphatic carbocycles. The van der Waals surface area contributed by atoms with Gasteiger partial charge in [-0.05, 0) is 20.3 Å². The van der Waals surface area contributed by atoms with Crippen molar-refractivity contribution in [2.75, 3.05) is 32.4 Å². The second kappa shape index (κ2) is 7.04. The highest BCUT2D eigenvalue weighted by Gasteiger charge is 2.31. The highest BCUT2D eigenvalue weighted by Crippen LogP contribution is 2.24. The summed E-state index contributed by atoms with van der Waals surface area (Å²) in [6.45, 7) is 9.79. The molecule has 1 heterocycles. The first kappa shape index (κ1) is 16.9. The standard InChI is InChI=1S/C14H30N2O2S/c1-5-6-7-8-9-14(2,3)15-10-12-16(13-11-15)19(4,17)18/h5-13H2,1-4H3. The van der Waals surface area contributed by atoms with Crippen LogP contribution in [-0.2, 0) is 10.0 Å². The lowest BCUT2D eigenvalue weighted by Gasteiger charge is -2.43. The average Bonchev–Trinajstić information content (AvgIpc) is 2.34. The van der Waals surface area contributed by atoms with E-state index in [1.165, 1.54) is 38.4 Å². The lowest BCUT2D eigenvalue weighted by Crippen LogP contribution is -2.55. The maximum Gasteiger partial charge on any atom is 0.211 e. The van der Waals surface area contributed by atoms with E-state index in [2.05, 4.69) is 25.7 Å². The molecule has 0 radical (unpaired) electrons. The summed E-state index contributed by atoms with van der Waals surface area (Å²) in [4.78, 5) is 2.45. The quantitative estimate of drug-likeness (QED) is 0.676. The second-order valence-corrected chi connectivity index (χ2v) is 8.25. The van der Waals surface area contributed by atoms with E-state index in [1.807, 2.05) is 0 Å². The molecular formula is C14H30N2O2S. The molecule has 1 aliphatic rings. The number of nitrogens with zero attached hydrogens (tertiary/aromatic N) is 2. The summed E-state index contributed by atoms with van der Waals surface area (Å²) >= 11 is 0. The summed E-state index contributed by atoms with van der Waals surface area (Å²) in [5, 5.41) is 0. The van der Waals surface area contributed by atoms with E-state index in [4.69, 9.17) is 0 Å². The highest BCUT2D eigenvalue weighted by molar-refractivity contribution is 7.88. The van der Waals surface area contributed by atoms with Crippen LogP contribution in [0.1, 0.15) is 52.9 Å². The number of sulfonamides is 1. The van der Waals surface area contributed by atoms with Crippen molar-refractivity contribution >= 4 is 10.0 Å². The Balaban J connectivity index is 2.40. The van der Waals surface area contributed by atoms with Gasteiger partial charge in [0.25, 0.3) is 0 Å². The second-order valence-electron chi connectivity index (χ2n) is 6.27. The van der Waals surface area contributed by atoms with Crippen LogP contribution in [0.25, 0.3) is 0 Å². The number of unbranched alkanes of at least 4 members (excludes halogenated alkanes) is 3. The summed E-state index contributed by atoms with van der Waals surface area (Å²) in [6.07, 6.45) is 7.67. The lowest BCUT2D eigenvalue weighted by atomic mass is 9.93. The van der Waals surface area contributed by atoms with Crippen molar-refractivity contribution in [1.82, 2.24) is 9.21 Å². The molecular weight excluding hydrogens is 260 g/mol. The van der Waals surface area contributed by atoms with E-state index in [-0.39, 0.29) is 5.54 Å². The van der Waals surface area contributed by atoms with Crippen LogP contribution in [0.15, 0.2) is 0 Å². The molecule has 0 aromatic heterocycles. The van der Waals surface area contributed by atoms with Gasteiger partial charge in [-0.1, -0.05) is 32.6 Å². The largest absolute Gasteiger partial charge is 0.296 e. The predicted octanol–water partition coefficient (Wildman–Crippen LogP) is 2.31.